The van der Waals surface area contributed by atoms with E-state index in [1.165, 1.54) is 0 Å². The minimum atomic E-state index is 0.686. The fraction of sp³-hybridized carbons (Fsp3) is 0. The van der Waals surface area contributed by atoms with Crippen LogP contribution in [-0.2, 0) is 0 Å². The maximum absolute atomic E-state index is 5.63. The topological polar surface area (TPSA) is 56.7 Å². The van der Waals surface area contributed by atoms with Gasteiger partial charge in [0, 0.05) is 5.69 Å². The smallest absolute Gasteiger partial charge is 0.117 e. The van der Waals surface area contributed by atoms with Crippen LogP contribution in [0.5, 0.6) is 0 Å². The molecule has 1 aromatic heterocycles. The Bertz CT molecular complexity index is 424. The highest BCUT2D eigenvalue weighted by molar-refractivity contribution is 7.80. The molecular weight excluding hydrogens is 184 g/mol. The zero-order valence-corrected chi connectivity index (χ0v) is 7.65. The number of hydrogen-bond donors (Lipinski definition) is 2. The van der Waals surface area contributed by atoms with Gasteiger partial charge in [-0.15, -0.1) is 17.7 Å². The summed E-state index contributed by atoms with van der Waals surface area (Å²) in [5, 5.41) is 8.27. The molecule has 1 heterocycles. The first-order valence-electron chi connectivity index (χ1n) is 3.73. The van der Waals surface area contributed by atoms with E-state index in [-0.39, 0.29) is 0 Å². The number of nitrogens with two attached hydrogens (primary N) is 1. The van der Waals surface area contributed by atoms with Crippen molar-refractivity contribution in [1.29, 1.82) is 0 Å². The summed E-state index contributed by atoms with van der Waals surface area (Å²) in [7, 11) is 0. The van der Waals surface area contributed by atoms with Gasteiger partial charge in [0.2, 0.25) is 0 Å². The molecule has 2 aromatic rings. The molecule has 5 heteroatoms. The summed E-state index contributed by atoms with van der Waals surface area (Å²) < 4.78 is 1.61. The zero-order valence-electron chi connectivity index (χ0n) is 6.75. The molecule has 0 spiro atoms. The van der Waals surface area contributed by atoms with Gasteiger partial charge in [0.05, 0.1) is 11.9 Å². The molecule has 0 bridgehead atoms. The summed E-state index contributed by atoms with van der Waals surface area (Å²) in [6.07, 6.45) is 1.58. The van der Waals surface area contributed by atoms with Crippen molar-refractivity contribution in [2.45, 2.75) is 5.03 Å². The Kier molecular flexibility index (Phi) is 1.94. The molecular formula is C8H8N4S. The molecule has 0 aliphatic rings. The van der Waals surface area contributed by atoms with Gasteiger partial charge in [-0.2, -0.15) is 0 Å². The largest absolute Gasteiger partial charge is 0.399 e. The first-order valence-corrected chi connectivity index (χ1v) is 4.17. The third kappa shape index (κ3) is 1.50. The van der Waals surface area contributed by atoms with E-state index >= 15 is 0 Å². The number of nitrogen functional groups attached to an aromatic ring is 1. The number of thiol groups is 1. The summed E-state index contributed by atoms with van der Waals surface area (Å²) >= 11 is 4.19. The van der Waals surface area contributed by atoms with E-state index in [9.17, 15) is 0 Å². The third-order valence-electron chi connectivity index (χ3n) is 1.65. The number of aromatic nitrogens is 3. The fourth-order valence-corrected chi connectivity index (χ4v) is 1.28. The minimum Gasteiger partial charge on any atom is -0.399 e. The highest BCUT2D eigenvalue weighted by Gasteiger charge is 2.01. The molecule has 4 nitrogen and oxygen atoms in total. The SMILES string of the molecule is Nc1cccc(-n2nncc2S)c1. The number of benzene rings is 1. The molecule has 66 valence electrons. The molecule has 0 amide bonds. The molecule has 0 aliphatic carbocycles. The van der Waals surface area contributed by atoms with Gasteiger partial charge in [0.1, 0.15) is 5.03 Å². The van der Waals surface area contributed by atoms with Crippen molar-refractivity contribution in [2.24, 2.45) is 0 Å². The van der Waals surface area contributed by atoms with Crippen LogP contribution in [0.3, 0.4) is 0 Å². The molecule has 2 rings (SSSR count). The van der Waals surface area contributed by atoms with Gasteiger partial charge in [-0.05, 0) is 18.2 Å². The second-order valence-electron chi connectivity index (χ2n) is 2.60. The average molecular weight is 192 g/mol. The van der Waals surface area contributed by atoms with Gasteiger partial charge in [-0.3, -0.25) is 0 Å². The highest BCUT2D eigenvalue weighted by atomic mass is 32.1. The fourth-order valence-electron chi connectivity index (χ4n) is 1.07. The summed E-state index contributed by atoms with van der Waals surface area (Å²) in [4.78, 5) is 0. The van der Waals surface area contributed by atoms with Gasteiger partial charge in [0.15, 0.2) is 0 Å². The van der Waals surface area contributed by atoms with Gasteiger partial charge < -0.3 is 5.73 Å². The van der Waals surface area contributed by atoms with Crippen molar-refractivity contribution in [2.75, 3.05) is 5.73 Å². The van der Waals surface area contributed by atoms with Crippen LogP contribution in [0, 0.1) is 0 Å². The molecule has 0 atom stereocenters. The second kappa shape index (κ2) is 3.10. The van der Waals surface area contributed by atoms with E-state index in [1.54, 1.807) is 10.9 Å². The van der Waals surface area contributed by atoms with Crippen molar-refractivity contribution in [3.63, 3.8) is 0 Å². The van der Waals surface area contributed by atoms with E-state index in [0.717, 1.165) is 5.69 Å². The van der Waals surface area contributed by atoms with E-state index < -0.39 is 0 Å². The summed E-state index contributed by atoms with van der Waals surface area (Å²) in [5.74, 6) is 0. The van der Waals surface area contributed by atoms with Crippen molar-refractivity contribution in [3.05, 3.63) is 30.5 Å². The molecule has 0 saturated carbocycles. The second-order valence-corrected chi connectivity index (χ2v) is 3.06. The van der Waals surface area contributed by atoms with Crippen LogP contribution >= 0.6 is 12.6 Å². The Morgan fingerprint density at radius 2 is 2.23 bits per heavy atom. The molecule has 2 N–H and O–H groups in total. The first-order chi connectivity index (χ1) is 6.27. The monoisotopic (exact) mass is 192 g/mol. The molecule has 1 aromatic carbocycles. The lowest BCUT2D eigenvalue weighted by molar-refractivity contribution is 0.758. The Hall–Kier alpha value is -1.49. The van der Waals surface area contributed by atoms with Crippen LogP contribution in [0.15, 0.2) is 35.5 Å². The standard InChI is InChI=1S/C8H8N4S/c9-6-2-1-3-7(4-6)12-8(13)5-10-11-12/h1-5,13H,9H2. The van der Waals surface area contributed by atoms with Gasteiger partial charge in [-0.1, -0.05) is 11.3 Å². The van der Waals surface area contributed by atoms with Crippen LogP contribution in [0.4, 0.5) is 5.69 Å². The van der Waals surface area contributed by atoms with Gasteiger partial charge >= 0.3 is 0 Å². The van der Waals surface area contributed by atoms with Crippen LogP contribution < -0.4 is 5.73 Å². The lowest BCUT2D eigenvalue weighted by atomic mass is 10.3. The van der Waals surface area contributed by atoms with E-state index in [1.807, 2.05) is 24.3 Å². The number of nitrogens with zero attached hydrogens (tertiary/aromatic N) is 3. The maximum atomic E-state index is 5.63. The predicted octanol–water partition coefficient (Wildman–Crippen LogP) is 1.14. The van der Waals surface area contributed by atoms with Crippen molar-refractivity contribution in [3.8, 4) is 5.69 Å². The van der Waals surface area contributed by atoms with Crippen molar-refractivity contribution >= 4 is 18.3 Å². The lowest BCUT2D eigenvalue weighted by Crippen LogP contribution is -1.98. The van der Waals surface area contributed by atoms with E-state index in [2.05, 4.69) is 22.9 Å². The molecule has 0 unspecified atom stereocenters. The van der Waals surface area contributed by atoms with Crippen molar-refractivity contribution in [1.82, 2.24) is 15.0 Å². The summed E-state index contributed by atoms with van der Waals surface area (Å²) in [6.45, 7) is 0. The third-order valence-corrected chi connectivity index (χ3v) is 1.95. The van der Waals surface area contributed by atoms with E-state index in [4.69, 9.17) is 5.73 Å². The Balaban J connectivity index is 2.53. The zero-order chi connectivity index (χ0) is 9.26. The van der Waals surface area contributed by atoms with Gasteiger partial charge in [-0.25, -0.2) is 4.68 Å². The molecule has 0 radical (unpaired) electrons. The summed E-state index contributed by atoms with van der Waals surface area (Å²) in [5.41, 5.74) is 7.19. The lowest BCUT2D eigenvalue weighted by Gasteiger charge is -2.02. The Morgan fingerprint density at radius 3 is 2.85 bits per heavy atom. The minimum absolute atomic E-state index is 0.686. The van der Waals surface area contributed by atoms with Crippen LogP contribution in [0.25, 0.3) is 5.69 Å². The molecule has 0 fully saturated rings. The highest BCUT2D eigenvalue weighted by Crippen LogP contribution is 2.14. The normalized spacial score (nSPS) is 10.2. The predicted molar refractivity (Wildman–Crippen MR) is 53.0 cm³/mol. The molecule has 13 heavy (non-hydrogen) atoms. The molecule has 0 aliphatic heterocycles. The van der Waals surface area contributed by atoms with Gasteiger partial charge in [0.25, 0.3) is 0 Å². The first kappa shape index (κ1) is 8.12. The van der Waals surface area contributed by atoms with Crippen LogP contribution in [0.1, 0.15) is 0 Å². The molecule has 0 saturated heterocycles. The number of anilines is 1. The van der Waals surface area contributed by atoms with Crippen LogP contribution in [-0.4, -0.2) is 15.0 Å². The number of hydrogen-bond acceptors (Lipinski definition) is 4. The van der Waals surface area contributed by atoms with Crippen LogP contribution in [0.2, 0.25) is 0 Å². The summed E-state index contributed by atoms with van der Waals surface area (Å²) in [6, 6.07) is 7.39. The number of rotatable bonds is 1. The average Bonchev–Trinajstić information content (AvgIpc) is 2.51. The maximum Gasteiger partial charge on any atom is 0.117 e. The quantitative estimate of drug-likeness (QED) is 0.526. The Morgan fingerprint density at radius 1 is 1.38 bits per heavy atom. The van der Waals surface area contributed by atoms with E-state index in [0.29, 0.717) is 10.7 Å². The van der Waals surface area contributed by atoms with Crippen molar-refractivity contribution < 1.29 is 0 Å². The Labute approximate surface area is 80.8 Å².